The zero-order valence-corrected chi connectivity index (χ0v) is 7.38. The minimum absolute atomic E-state index is 0.333. The van der Waals surface area contributed by atoms with Gasteiger partial charge >= 0.3 is 0 Å². The largest absolute Gasteiger partial charge is 0.374 e. The second-order valence-corrected chi connectivity index (χ2v) is 3.22. The monoisotopic (exact) mass is 195 g/mol. The molecule has 0 aliphatic rings. The molecule has 3 nitrogen and oxygen atoms in total. The average molecular weight is 195 g/mol. The third-order valence-electron chi connectivity index (χ3n) is 1.56. The SMILES string of the molecule is Nc1nc(-c2ccccc2F)ns1. The fraction of sp³-hybridized carbons (Fsp3) is 0. The summed E-state index contributed by atoms with van der Waals surface area (Å²) in [5, 5.41) is 0.346. The lowest BCUT2D eigenvalue weighted by Crippen LogP contribution is -1.86. The lowest BCUT2D eigenvalue weighted by molar-refractivity contribution is 0.630. The molecular formula is C8H6FN3S. The average Bonchev–Trinajstić information content (AvgIpc) is 2.53. The molecule has 0 aliphatic heterocycles. The summed E-state index contributed by atoms with van der Waals surface area (Å²) in [5.74, 6) is 0.0147. The van der Waals surface area contributed by atoms with Gasteiger partial charge in [0.25, 0.3) is 0 Å². The van der Waals surface area contributed by atoms with E-state index in [2.05, 4.69) is 9.36 Å². The Morgan fingerprint density at radius 1 is 1.31 bits per heavy atom. The van der Waals surface area contributed by atoms with Crippen LogP contribution in [0, 0.1) is 5.82 Å². The number of nitrogen functional groups attached to an aromatic ring is 1. The standard InChI is InChI=1S/C8H6FN3S/c9-6-4-2-1-3-5(6)7-11-8(10)13-12-7/h1-4H,(H2,10,11,12). The fourth-order valence-corrected chi connectivity index (χ4v) is 1.43. The predicted molar refractivity (Wildman–Crippen MR) is 49.7 cm³/mol. The van der Waals surface area contributed by atoms with Crippen LogP contribution in [0.4, 0.5) is 9.52 Å². The summed E-state index contributed by atoms with van der Waals surface area (Å²) in [6.07, 6.45) is 0. The molecule has 0 radical (unpaired) electrons. The zero-order valence-electron chi connectivity index (χ0n) is 6.57. The smallest absolute Gasteiger partial charge is 0.200 e. The van der Waals surface area contributed by atoms with Gasteiger partial charge in [0, 0.05) is 11.5 Å². The Morgan fingerprint density at radius 2 is 2.08 bits per heavy atom. The number of halogens is 1. The maximum atomic E-state index is 13.2. The van der Waals surface area contributed by atoms with E-state index in [1.54, 1.807) is 18.2 Å². The van der Waals surface area contributed by atoms with Crippen LogP contribution in [0.25, 0.3) is 11.4 Å². The maximum Gasteiger partial charge on any atom is 0.200 e. The van der Waals surface area contributed by atoms with Crippen LogP contribution in [0.5, 0.6) is 0 Å². The number of nitrogens with zero attached hydrogens (tertiary/aromatic N) is 2. The number of benzene rings is 1. The zero-order chi connectivity index (χ0) is 9.26. The molecule has 5 heteroatoms. The molecule has 66 valence electrons. The molecule has 0 bridgehead atoms. The topological polar surface area (TPSA) is 51.8 Å². The van der Waals surface area contributed by atoms with E-state index in [1.165, 1.54) is 6.07 Å². The van der Waals surface area contributed by atoms with E-state index in [4.69, 9.17) is 5.73 Å². The first kappa shape index (κ1) is 8.12. The Morgan fingerprint density at radius 3 is 2.69 bits per heavy atom. The van der Waals surface area contributed by atoms with Gasteiger partial charge in [0.15, 0.2) is 11.0 Å². The van der Waals surface area contributed by atoms with E-state index < -0.39 is 0 Å². The summed E-state index contributed by atoms with van der Waals surface area (Å²) < 4.78 is 17.1. The Balaban J connectivity index is 2.52. The van der Waals surface area contributed by atoms with Crippen molar-refractivity contribution in [3.63, 3.8) is 0 Å². The summed E-state index contributed by atoms with van der Waals surface area (Å²) in [4.78, 5) is 3.89. The summed E-state index contributed by atoms with van der Waals surface area (Å²) in [7, 11) is 0. The highest BCUT2D eigenvalue weighted by Gasteiger charge is 2.08. The van der Waals surface area contributed by atoms with E-state index >= 15 is 0 Å². The first-order valence-corrected chi connectivity index (χ1v) is 4.39. The number of hydrogen-bond donors (Lipinski definition) is 1. The van der Waals surface area contributed by atoms with E-state index in [1.807, 2.05) is 0 Å². The summed E-state index contributed by atoms with van der Waals surface area (Å²) >= 11 is 1.06. The Bertz CT molecular complexity index is 427. The predicted octanol–water partition coefficient (Wildman–Crippen LogP) is 1.93. The minimum atomic E-state index is -0.333. The van der Waals surface area contributed by atoms with Gasteiger partial charge in [0.05, 0.1) is 5.56 Å². The molecule has 0 amide bonds. The van der Waals surface area contributed by atoms with Crippen LogP contribution in [0.15, 0.2) is 24.3 Å². The van der Waals surface area contributed by atoms with Gasteiger partial charge in [-0.3, -0.25) is 0 Å². The molecule has 0 fully saturated rings. The quantitative estimate of drug-likeness (QED) is 0.756. The second-order valence-electron chi connectivity index (χ2n) is 2.44. The van der Waals surface area contributed by atoms with Crippen LogP contribution in [0.1, 0.15) is 0 Å². The summed E-state index contributed by atoms with van der Waals surface area (Å²) in [6, 6.07) is 6.34. The molecule has 0 spiro atoms. The molecule has 0 aliphatic carbocycles. The first-order chi connectivity index (χ1) is 6.27. The Labute approximate surface area is 78.2 Å². The van der Waals surface area contributed by atoms with Gasteiger partial charge in [-0.05, 0) is 12.1 Å². The highest BCUT2D eigenvalue weighted by atomic mass is 32.1. The normalized spacial score (nSPS) is 10.2. The highest BCUT2D eigenvalue weighted by Crippen LogP contribution is 2.21. The van der Waals surface area contributed by atoms with E-state index in [-0.39, 0.29) is 5.82 Å². The Kier molecular flexibility index (Phi) is 1.94. The van der Waals surface area contributed by atoms with E-state index in [9.17, 15) is 4.39 Å². The van der Waals surface area contributed by atoms with Crippen molar-refractivity contribution in [1.29, 1.82) is 0 Å². The molecule has 1 aromatic heterocycles. The first-order valence-electron chi connectivity index (χ1n) is 3.61. The van der Waals surface area contributed by atoms with Crippen LogP contribution in [-0.2, 0) is 0 Å². The summed E-state index contributed by atoms with van der Waals surface area (Å²) in [6.45, 7) is 0. The molecular weight excluding hydrogens is 189 g/mol. The van der Waals surface area contributed by atoms with Gasteiger partial charge in [-0.1, -0.05) is 12.1 Å². The van der Waals surface area contributed by atoms with Gasteiger partial charge in [0.1, 0.15) is 5.82 Å². The van der Waals surface area contributed by atoms with E-state index in [0.29, 0.717) is 16.5 Å². The molecule has 0 unspecified atom stereocenters. The van der Waals surface area contributed by atoms with Gasteiger partial charge in [-0.2, -0.15) is 9.36 Å². The van der Waals surface area contributed by atoms with Crippen molar-refractivity contribution >= 4 is 16.7 Å². The van der Waals surface area contributed by atoms with Crippen molar-refractivity contribution in [1.82, 2.24) is 9.36 Å². The number of aromatic nitrogens is 2. The number of rotatable bonds is 1. The third-order valence-corrected chi connectivity index (χ3v) is 2.10. The lowest BCUT2D eigenvalue weighted by atomic mass is 10.2. The minimum Gasteiger partial charge on any atom is -0.374 e. The fourth-order valence-electron chi connectivity index (χ4n) is 0.987. The molecule has 1 heterocycles. The maximum absolute atomic E-state index is 13.2. The van der Waals surface area contributed by atoms with Gasteiger partial charge in [-0.15, -0.1) is 0 Å². The lowest BCUT2D eigenvalue weighted by Gasteiger charge is -1.95. The van der Waals surface area contributed by atoms with Crippen molar-refractivity contribution in [2.75, 3.05) is 5.73 Å². The van der Waals surface area contributed by atoms with Crippen LogP contribution in [-0.4, -0.2) is 9.36 Å². The highest BCUT2D eigenvalue weighted by molar-refractivity contribution is 7.09. The molecule has 13 heavy (non-hydrogen) atoms. The summed E-state index contributed by atoms with van der Waals surface area (Å²) in [5.41, 5.74) is 5.77. The van der Waals surface area contributed by atoms with Gasteiger partial charge in [0.2, 0.25) is 0 Å². The van der Waals surface area contributed by atoms with Gasteiger partial charge in [-0.25, -0.2) is 4.39 Å². The third kappa shape index (κ3) is 1.50. The second kappa shape index (κ2) is 3.10. The van der Waals surface area contributed by atoms with Gasteiger partial charge < -0.3 is 5.73 Å². The number of nitrogens with two attached hydrogens (primary N) is 1. The van der Waals surface area contributed by atoms with E-state index in [0.717, 1.165) is 11.5 Å². The van der Waals surface area contributed by atoms with Crippen molar-refractivity contribution in [2.45, 2.75) is 0 Å². The molecule has 2 aromatic rings. The van der Waals surface area contributed by atoms with Crippen LogP contribution >= 0.6 is 11.5 Å². The van der Waals surface area contributed by atoms with Crippen molar-refractivity contribution in [3.8, 4) is 11.4 Å². The number of hydrogen-bond acceptors (Lipinski definition) is 4. The van der Waals surface area contributed by atoms with Crippen LogP contribution in [0.3, 0.4) is 0 Å². The van der Waals surface area contributed by atoms with Crippen molar-refractivity contribution < 1.29 is 4.39 Å². The molecule has 0 atom stereocenters. The molecule has 0 saturated heterocycles. The molecule has 1 aromatic carbocycles. The molecule has 2 N–H and O–H groups in total. The van der Waals surface area contributed by atoms with Crippen LogP contribution in [0.2, 0.25) is 0 Å². The molecule has 2 rings (SSSR count). The molecule has 0 saturated carbocycles. The number of anilines is 1. The Hall–Kier alpha value is -1.49. The van der Waals surface area contributed by atoms with Crippen LogP contribution < -0.4 is 5.73 Å². The van der Waals surface area contributed by atoms with Crippen molar-refractivity contribution in [3.05, 3.63) is 30.1 Å². The van der Waals surface area contributed by atoms with Crippen molar-refractivity contribution in [2.24, 2.45) is 0 Å².